The molecule has 1 fully saturated rings. The van der Waals surface area contributed by atoms with Crippen molar-refractivity contribution in [2.45, 2.75) is 31.6 Å². The van der Waals surface area contributed by atoms with E-state index in [1.165, 1.54) is 0 Å². The maximum Gasteiger partial charge on any atom is 0.434 e. The van der Waals surface area contributed by atoms with Gasteiger partial charge in [0.15, 0.2) is 0 Å². The Kier molecular flexibility index (Phi) is 4.08. The van der Waals surface area contributed by atoms with Gasteiger partial charge in [-0.3, -0.25) is 9.48 Å². The number of nitrogens with one attached hydrogen (secondary N) is 1. The summed E-state index contributed by atoms with van der Waals surface area (Å²) in [6.45, 7) is 1.34. The number of carbonyl (C=O) groups is 1. The van der Waals surface area contributed by atoms with Gasteiger partial charge in [-0.1, -0.05) is 0 Å². The highest BCUT2D eigenvalue weighted by molar-refractivity contribution is 5.76. The molecule has 0 spiro atoms. The van der Waals surface area contributed by atoms with Gasteiger partial charge in [0, 0.05) is 45.1 Å². The topological polar surface area (TPSA) is 97.0 Å². The van der Waals surface area contributed by atoms with E-state index in [4.69, 9.17) is 4.42 Å². The normalized spacial score (nSPS) is 16.1. The van der Waals surface area contributed by atoms with E-state index in [-0.39, 0.29) is 11.8 Å². The molecule has 3 rings (SSSR count). The summed E-state index contributed by atoms with van der Waals surface area (Å²) < 4.78 is 6.73. The van der Waals surface area contributed by atoms with Crippen molar-refractivity contribution in [2.75, 3.05) is 13.1 Å². The molecular weight excluding hydrogens is 286 g/mol. The Labute approximate surface area is 127 Å². The zero-order valence-corrected chi connectivity index (χ0v) is 12.5. The lowest BCUT2D eigenvalue weighted by Gasteiger charge is -2.30. The maximum atomic E-state index is 12.2. The highest BCUT2D eigenvalue weighted by Gasteiger charge is 2.26. The Hall–Kier alpha value is -2.38. The van der Waals surface area contributed by atoms with Crippen LogP contribution in [0.25, 0.3) is 0 Å². The van der Waals surface area contributed by atoms with Gasteiger partial charge in [0.1, 0.15) is 0 Å². The van der Waals surface area contributed by atoms with Crippen LogP contribution in [-0.4, -0.2) is 43.9 Å². The van der Waals surface area contributed by atoms with Crippen LogP contribution in [0.2, 0.25) is 0 Å². The lowest BCUT2D eigenvalue weighted by molar-refractivity contribution is -0.132. The number of H-pyrrole nitrogens is 1. The molecule has 0 unspecified atom stereocenters. The number of carbonyl (C=O) groups excluding carboxylic acids is 1. The third kappa shape index (κ3) is 3.26. The van der Waals surface area contributed by atoms with E-state index in [1.807, 2.05) is 24.2 Å². The maximum absolute atomic E-state index is 12.2. The lowest BCUT2D eigenvalue weighted by atomic mass is 9.96. The molecule has 0 radical (unpaired) electrons. The van der Waals surface area contributed by atoms with Crippen molar-refractivity contribution in [3.8, 4) is 0 Å². The van der Waals surface area contributed by atoms with Crippen molar-refractivity contribution in [1.82, 2.24) is 24.9 Å². The summed E-state index contributed by atoms with van der Waals surface area (Å²) in [5, 5.41) is 10.4. The van der Waals surface area contributed by atoms with Crippen LogP contribution in [0.1, 0.15) is 36.8 Å². The van der Waals surface area contributed by atoms with Crippen molar-refractivity contribution in [3.05, 3.63) is 34.4 Å². The predicted octanol–water partition coefficient (Wildman–Crippen LogP) is 0.435. The second kappa shape index (κ2) is 6.17. The second-order valence-electron chi connectivity index (χ2n) is 5.59. The first-order valence-electron chi connectivity index (χ1n) is 7.43. The molecule has 1 aliphatic heterocycles. The van der Waals surface area contributed by atoms with Gasteiger partial charge < -0.3 is 9.32 Å². The van der Waals surface area contributed by atoms with Gasteiger partial charge in [0.05, 0.1) is 5.69 Å². The van der Waals surface area contributed by atoms with Gasteiger partial charge >= 0.3 is 5.76 Å². The zero-order chi connectivity index (χ0) is 15.5. The summed E-state index contributed by atoms with van der Waals surface area (Å²) in [6, 6.07) is 1.93. The molecule has 1 amide bonds. The average molecular weight is 305 g/mol. The standard InChI is InChI=1S/C14H19N5O3/c1-18-7-6-11(17-18)2-3-12(20)19-8-4-10(5-9-19)13-15-16-14(21)22-13/h6-7,10H,2-5,8-9H2,1H3,(H,16,21). The van der Waals surface area contributed by atoms with Crippen LogP contribution in [0, 0.1) is 0 Å². The number of piperidine rings is 1. The minimum absolute atomic E-state index is 0.110. The fourth-order valence-corrected chi connectivity index (χ4v) is 2.78. The minimum atomic E-state index is -0.524. The first-order chi connectivity index (χ1) is 10.6. The van der Waals surface area contributed by atoms with Crippen LogP contribution in [0.5, 0.6) is 0 Å². The molecule has 0 bridgehead atoms. The molecule has 8 heteroatoms. The Morgan fingerprint density at radius 1 is 1.45 bits per heavy atom. The fraction of sp³-hybridized carbons (Fsp3) is 0.571. The van der Waals surface area contributed by atoms with Crippen LogP contribution in [0.15, 0.2) is 21.5 Å². The smallest absolute Gasteiger partial charge is 0.392 e. The van der Waals surface area contributed by atoms with Crippen LogP contribution in [0.4, 0.5) is 0 Å². The summed E-state index contributed by atoms with van der Waals surface area (Å²) >= 11 is 0. The molecule has 1 N–H and O–H groups in total. The molecule has 2 aromatic rings. The molecule has 8 nitrogen and oxygen atoms in total. The highest BCUT2D eigenvalue weighted by Crippen LogP contribution is 2.26. The lowest BCUT2D eigenvalue weighted by Crippen LogP contribution is -2.38. The molecular formula is C14H19N5O3. The number of hydrogen-bond acceptors (Lipinski definition) is 5. The van der Waals surface area contributed by atoms with Crippen molar-refractivity contribution >= 4 is 5.91 Å². The molecule has 3 heterocycles. The van der Waals surface area contributed by atoms with Crippen LogP contribution in [-0.2, 0) is 18.3 Å². The molecule has 1 aliphatic rings. The Morgan fingerprint density at radius 3 is 2.82 bits per heavy atom. The van der Waals surface area contributed by atoms with Gasteiger partial charge in [0.25, 0.3) is 0 Å². The molecule has 1 saturated heterocycles. The Bertz CT molecular complexity index is 693. The Morgan fingerprint density at radius 2 is 2.23 bits per heavy atom. The summed E-state index contributed by atoms with van der Waals surface area (Å²) in [7, 11) is 1.86. The second-order valence-corrected chi connectivity index (χ2v) is 5.59. The average Bonchev–Trinajstić information content (AvgIpc) is 3.13. The molecule has 22 heavy (non-hydrogen) atoms. The molecule has 2 aromatic heterocycles. The number of rotatable bonds is 4. The largest absolute Gasteiger partial charge is 0.434 e. The summed E-state index contributed by atoms with van der Waals surface area (Å²) in [6.07, 6.45) is 4.54. The molecule has 0 aliphatic carbocycles. The molecule has 118 valence electrons. The van der Waals surface area contributed by atoms with Crippen LogP contribution >= 0.6 is 0 Å². The number of aryl methyl sites for hydroxylation is 2. The van der Waals surface area contributed by atoms with E-state index in [9.17, 15) is 9.59 Å². The van der Waals surface area contributed by atoms with Gasteiger partial charge in [0.2, 0.25) is 11.8 Å². The van der Waals surface area contributed by atoms with E-state index in [0.717, 1.165) is 18.5 Å². The van der Waals surface area contributed by atoms with E-state index in [0.29, 0.717) is 31.8 Å². The highest BCUT2D eigenvalue weighted by atomic mass is 16.4. The summed E-state index contributed by atoms with van der Waals surface area (Å²) in [5.41, 5.74) is 0.934. The molecule has 0 saturated carbocycles. The van der Waals surface area contributed by atoms with Crippen LogP contribution < -0.4 is 5.76 Å². The number of likely N-dealkylation sites (tertiary alicyclic amines) is 1. The molecule has 0 aromatic carbocycles. The number of amides is 1. The van der Waals surface area contributed by atoms with Crippen molar-refractivity contribution in [1.29, 1.82) is 0 Å². The quantitative estimate of drug-likeness (QED) is 0.883. The predicted molar refractivity (Wildman–Crippen MR) is 77.2 cm³/mol. The fourth-order valence-electron chi connectivity index (χ4n) is 2.78. The summed E-state index contributed by atoms with van der Waals surface area (Å²) in [4.78, 5) is 25.1. The number of hydrogen-bond donors (Lipinski definition) is 1. The van der Waals surface area contributed by atoms with Crippen LogP contribution in [0.3, 0.4) is 0 Å². The SMILES string of the molecule is Cn1ccc(CCC(=O)N2CCC(c3n[nH]c(=O)o3)CC2)n1. The van der Waals surface area contributed by atoms with Gasteiger partial charge in [-0.05, 0) is 18.9 Å². The van der Waals surface area contributed by atoms with Gasteiger partial charge in [-0.15, -0.1) is 5.10 Å². The van der Waals surface area contributed by atoms with Gasteiger partial charge in [-0.25, -0.2) is 9.89 Å². The van der Waals surface area contributed by atoms with E-state index < -0.39 is 5.76 Å². The first kappa shape index (κ1) is 14.6. The number of nitrogens with zero attached hydrogens (tertiary/aromatic N) is 4. The van der Waals surface area contributed by atoms with E-state index >= 15 is 0 Å². The van der Waals surface area contributed by atoms with Crippen molar-refractivity contribution < 1.29 is 9.21 Å². The van der Waals surface area contributed by atoms with E-state index in [1.54, 1.807) is 4.68 Å². The van der Waals surface area contributed by atoms with E-state index in [2.05, 4.69) is 15.3 Å². The van der Waals surface area contributed by atoms with Gasteiger partial charge in [-0.2, -0.15) is 5.10 Å². The monoisotopic (exact) mass is 305 g/mol. The Balaban J connectivity index is 1.48. The zero-order valence-electron chi connectivity index (χ0n) is 12.5. The summed E-state index contributed by atoms with van der Waals surface area (Å²) in [5.74, 6) is 0.181. The number of aromatic amines is 1. The minimum Gasteiger partial charge on any atom is -0.392 e. The third-order valence-corrected chi connectivity index (χ3v) is 4.02. The first-order valence-corrected chi connectivity index (χ1v) is 7.43. The third-order valence-electron chi connectivity index (χ3n) is 4.02. The number of aromatic nitrogens is 4. The van der Waals surface area contributed by atoms with Crippen molar-refractivity contribution in [3.63, 3.8) is 0 Å². The molecule has 0 atom stereocenters. The van der Waals surface area contributed by atoms with Crippen molar-refractivity contribution in [2.24, 2.45) is 7.05 Å².